The van der Waals surface area contributed by atoms with Crippen molar-refractivity contribution in [3.63, 3.8) is 0 Å². The van der Waals surface area contributed by atoms with Crippen molar-refractivity contribution in [3.05, 3.63) is 24.3 Å². The molecule has 0 bridgehead atoms. The Morgan fingerprint density at radius 3 is 2.83 bits per heavy atom. The Morgan fingerprint density at radius 2 is 2.22 bits per heavy atom. The molecule has 0 radical (unpaired) electrons. The van der Waals surface area contributed by atoms with Crippen molar-refractivity contribution in [3.8, 4) is 0 Å². The van der Waals surface area contributed by atoms with Crippen LogP contribution in [0, 0.1) is 0 Å². The first-order valence-corrected chi connectivity index (χ1v) is 6.29. The normalized spacial score (nSPS) is 19.9. The van der Waals surface area contributed by atoms with Crippen molar-refractivity contribution in [2.45, 2.75) is 38.6 Å². The molecule has 1 N–H and O–H groups in total. The topological polar surface area (TPSA) is 58.1 Å². The van der Waals surface area contributed by atoms with E-state index in [-0.39, 0.29) is 11.6 Å². The number of urea groups is 1. The van der Waals surface area contributed by atoms with Crippen LogP contribution in [0.2, 0.25) is 0 Å². The summed E-state index contributed by atoms with van der Waals surface area (Å²) in [4.78, 5) is 22.3. The monoisotopic (exact) mass is 248 g/mol. The third kappa shape index (κ3) is 3.18. The van der Waals surface area contributed by atoms with Crippen LogP contribution in [0.4, 0.5) is 4.79 Å². The average molecular weight is 248 g/mol. The summed E-state index contributed by atoms with van der Waals surface area (Å²) in [6, 6.07) is 0.00823. The van der Waals surface area contributed by atoms with Crippen LogP contribution < -0.4 is 5.32 Å². The highest BCUT2D eigenvalue weighted by Gasteiger charge is 2.29. The van der Waals surface area contributed by atoms with Crippen LogP contribution in [-0.2, 0) is 0 Å². The summed E-state index contributed by atoms with van der Waals surface area (Å²) < 4.78 is 0. The number of aromatic nitrogens is 2. The van der Waals surface area contributed by atoms with Crippen LogP contribution in [0.1, 0.15) is 38.8 Å². The fraction of sp³-hybridized carbons (Fsp3) is 0.615. The third-order valence-corrected chi connectivity index (χ3v) is 2.96. The molecule has 2 heterocycles. The molecule has 18 heavy (non-hydrogen) atoms. The van der Waals surface area contributed by atoms with Gasteiger partial charge in [-0.2, -0.15) is 0 Å². The zero-order valence-corrected chi connectivity index (χ0v) is 11.2. The molecule has 1 unspecified atom stereocenters. The van der Waals surface area contributed by atoms with Gasteiger partial charge >= 0.3 is 6.03 Å². The summed E-state index contributed by atoms with van der Waals surface area (Å²) >= 11 is 0. The minimum atomic E-state index is -0.193. The fourth-order valence-electron chi connectivity index (χ4n) is 2.11. The van der Waals surface area contributed by atoms with Crippen molar-refractivity contribution in [2.24, 2.45) is 0 Å². The van der Waals surface area contributed by atoms with E-state index >= 15 is 0 Å². The fourth-order valence-corrected chi connectivity index (χ4v) is 2.11. The highest BCUT2D eigenvalue weighted by atomic mass is 16.2. The van der Waals surface area contributed by atoms with Gasteiger partial charge in [-0.1, -0.05) is 0 Å². The van der Waals surface area contributed by atoms with Crippen LogP contribution in [0.5, 0.6) is 0 Å². The molecule has 0 aromatic carbocycles. The molecule has 0 saturated carbocycles. The molecule has 5 nitrogen and oxygen atoms in total. The zero-order valence-electron chi connectivity index (χ0n) is 11.2. The Hall–Kier alpha value is -1.65. The van der Waals surface area contributed by atoms with Gasteiger partial charge in [0.15, 0.2) is 0 Å². The van der Waals surface area contributed by atoms with Gasteiger partial charge in [0.2, 0.25) is 0 Å². The Balaban J connectivity index is 1.95. The molecule has 1 saturated heterocycles. The van der Waals surface area contributed by atoms with Gasteiger partial charge in [0.05, 0.1) is 5.69 Å². The summed E-state index contributed by atoms with van der Waals surface area (Å²) in [6.45, 7) is 7.47. The first-order chi connectivity index (χ1) is 8.46. The third-order valence-electron chi connectivity index (χ3n) is 2.96. The smallest absolute Gasteiger partial charge is 0.317 e. The molecule has 1 aliphatic rings. The van der Waals surface area contributed by atoms with Crippen molar-refractivity contribution in [1.29, 1.82) is 0 Å². The lowest BCUT2D eigenvalue weighted by molar-refractivity contribution is 0.198. The lowest BCUT2D eigenvalue weighted by Gasteiger charge is -2.25. The van der Waals surface area contributed by atoms with Crippen molar-refractivity contribution in [1.82, 2.24) is 20.2 Å². The maximum Gasteiger partial charge on any atom is 0.317 e. The molecule has 0 aliphatic carbocycles. The average Bonchev–Trinajstić information content (AvgIpc) is 2.77. The molecule has 2 rings (SSSR count). The SMILES string of the molecule is CC(C)(C)NC(=O)N1CCC(c2cnccn2)C1. The molecule has 2 amide bonds. The standard InChI is InChI=1S/C13H20N4O/c1-13(2,3)16-12(18)17-7-4-10(9-17)11-8-14-5-6-15-11/h5-6,8,10H,4,7,9H2,1-3H3,(H,16,18). The number of amides is 2. The molecule has 98 valence electrons. The molecule has 5 heteroatoms. The number of nitrogens with zero attached hydrogens (tertiary/aromatic N) is 3. The van der Waals surface area contributed by atoms with E-state index in [9.17, 15) is 4.79 Å². The minimum Gasteiger partial charge on any atom is -0.333 e. The molecule has 1 aliphatic heterocycles. The second kappa shape index (κ2) is 4.92. The Morgan fingerprint density at radius 1 is 1.44 bits per heavy atom. The predicted molar refractivity (Wildman–Crippen MR) is 69.2 cm³/mol. The van der Waals surface area contributed by atoms with Gasteiger partial charge < -0.3 is 10.2 Å². The summed E-state index contributed by atoms with van der Waals surface area (Å²) in [5.41, 5.74) is 0.783. The summed E-state index contributed by atoms with van der Waals surface area (Å²) in [5.74, 6) is 0.310. The number of hydrogen-bond donors (Lipinski definition) is 1. The van der Waals surface area contributed by atoms with E-state index in [1.54, 1.807) is 18.6 Å². The first kappa shape index (κ1) is 12.8. The number of likely N-dealkylation sites (tertiary alicyclic amines) is 1. The Kier molecular flexibility index (Phi) is 3.50. The number of hydrogen-bond acceptors (Lipinski definition) is 3. The molecular formula is C13H20N4O. The molecule has 0 spiro atoms. The van der Waals surface area contributed by atoms with E-state index in [0.29, 0.717) is 5.92 Å². The van der Waals surface area contributed by atoms with Crippen LogP contribution >= 0.6 is 0 Å². The van der Waals surface area contributed by atoms with Crippen molar-refractivity contribution in [2.75, 3.05) is 13.1 Å². The van der Waals surface area contributed by atoms with Gasteiger partial charge in [-0.15, -0.1) is 0 Å². The van der Waals surface area contributed by atoms with E-state index in [1.807, 2.05) is 25.7 Å². The number of carbonyl (C=O) groups is 1. The maximum absolute atomic E-state index is 12.0. The summed E-state index contributed by atoms with van der Waals surface area (Å²) in [7, 11) is 0. The largest absolute Gasteiger partial charge is 0.333 e. The van der Waals surface area contributed by atoms with Crippen LogP contribution in [0.3, 0.4) is 0 Å². The Bertz CT molecular complexity index is 413. The van der Waals surface area contributed by atoms with Gasteiger partial charge in [0, 0.05) is 43.1 Å². The van der Waals surface area contributed by atoms with Gasteiger partial charge in [-0.05, 0) is 27.2 Å². The maximum atomic E-state index is 12.0. The van der Waals surface area contributed by atoms with E-state index in [4.69, 9.17) is 0 Å². The van der Waals surface area contributed by atoms with Crippen molar-refractivity contribution >= 4 is 6.03 Å². The lowest BCUT2D eigenvalue weighted by atomic mass is 10.1. The molecule has 1 aromatic heterocycles. The van der Waals surface area contributed by atoms with Crippen LogP contribution in [0.15, 0.2) is 18.6 Å². The lowest BCUT2D eigenvalue weighted by Crippen LogP contribution is -2.47. The van der Waals surface area contributed by atoms with E-state index in [2.05, 4.69) is 15.3 Å². The number of nitrogens with one attached hydrogen (secondary N) is 1. The van der Waals surface area contributed by atoms with E-state index in [1.165, 1.54) is 0 Å². The van der Waals surface area contributed by atoms with Crippen LogP contribution in [-0.4, -0.2) is 39.5 Å². The molecule has 1 aromatic rings. The van der Waals surface area contributed by atoms with Crippen LogP contribution in [0.25, 0.3) is 0 Å². The van der Waals surface area contributed by atoms with Gasteiger partial charge in [0.25, 0.3) is 0 Å². The van der Waals surface area contributed by atoms with Gasteiger partial charge in [-0.3, -0.25) is 9.97 Å². The summed E-state index contributed by atoms with van der Waals surface area (Å²) in [5, 5.41) is 2.98. The quantitative estimate of drug-likeness (QED) is 0.824. The van der Waals surface area contributed by atoms with Crippen molar-refractivity contribution < 1.29 is 4.79 Å². The zero-order chi connectivity index (χ0) is 13.2. The van der Waals surface area contributed by atoms with E-state index < -0.39 is 0 Å². The predicted octanol–water partition coefficient (Wildman–Crippen LogP) is 1.77. The number of carbonyl (C=O) groups excluding carboxylic acids is 1. The first-order valence-electron chi connectivity index (χ1n) is 6.29. The molecular weight excluding hydrogens is 228 g/mol. The Labute approximate surface area is 108 Å². The van der Waals surface area contributed by atoms with E-state index in [0.717, 1.165) is 25.2 Å². The van der Waals surface area contributed by atoms with Gasteiger partial charge in [0.1, 0.15) is 0 Å². The number of rotatable bonds is 1. The highest BCUT2D eigenvalue weighted by molar-refractivity contribution is 5.75. The highest BCUT2D eigenvalue weighted by Crippen LogP contribution is 2.25. The second-order valence-corrected chi connectivity index (χ2v) is 5.74. The second-order valence-electron chi connectivity index (χ2n) is 5.74. The minimum absolute atomic E-state index is 0.00823. The molecule has 1 fully saturated rings. The molecule has 1 atom stereocenters. The van der Waals surface area contributed by atoms with Gasteiger partial charge in [-0.25, -0.2) is 4.79 Å². The summed E-state index contributed by atoms with van der Waals surface area (Å²) in [6.07, 6.45) is 6.11.